The molecule has 0 amide bonds. The smallest absolute Gasteiger partial charge is 0.194 e. The fourth-order valence-electron chi connectivity index (χ4n) is 3.09. The third-order valence-electron chi connectivity index (χ3n) is 4.17. The van der Waals surface area contributed by atoms with Gasteiger partial charge in [-0.1, -0.05) is 25.3 Å². The number of hydrogen-bond acceptors (Lipinski definition) is 2. The third kappa shape index (κ3) is 3.58. The Balaban J connectivity index is 2.25. The summed E-state index contributed by atoms with van der Waals surface area (Å²) in [6.45, 7) is 2.17. The maximum atomic E-state index is 13.9. The molecule has 0 aromatic heterocycles. The molecule has 0 radical (unpaired) electrons. The maximum absolute atomic E-state index is 13.9. The SMILES string of the molecule is CCOC(C1CCCCC1)C(O)c1ccc(F)c(F)c1F. The summed E-state index contributed by atoms with van der Waals surface area (Å²) in [6, 6.07) is 1.92. The van der Waals surface area contributed by atoms with Crippen molar-refractivity contribution >= 4 is 0 Å². The molecule has 0 bridgehead atoms. The predicted molar refractivity (Wildman–Crippen MR) is 73.3 cm³/mol. The Kier molecular flexibility index (Phi) is 5.65. The van der Waals surface area contributed by atoms with Crippen molar-refractivity contribution in [2.45, 2.75) is 51.2 Å². The van der Waals surface area contributed by atoms with E-state index in [9.17, 15) is 18.3 Å². The molecule has 0 heterocycles. The van der Waals surface area contributed by atoms with E-state index in [4.69, 9.17) is 4.74 Å². The molecule has 5 heteroatoms. The zero-order valence-corrected chi connectivity index (χ0v) is 12.1. The van der Waals surface area contributed by atoms with Gasteiger partial charge in [-0.2, -0.15) is 0 Å². The summed E-state index contributed by atoms with van der Waals surface area (Å²) in [4.78, 5) is 0. The van der Waals surface area contributed by atoms with Crippen LogP contribution in [0.2, 0.25) is 0 Å². The molecule has 1 aliphatic rings. The average molecular weight is 302 g/mol. The van der Waals surface area contributed by atoms with E-state index in [0.29, 0.717) is 6.61 Å². The molecular formula is C16H21F3O2. The van der Waals surface area contributed by atoms with Crippen LogP contribution in [0.25, 0.3) is 0 Å². The zero-order chi connectivity index (χ0) is 15.4. The summed E-state index contributed by atoms with van der Waals surface area (Å²) in [5.74, 6) is -4.02. The molecule has 1 fully saturated rings. The lowest BCUT2D eigenvalue weighted by Gasteiger charge is -2.33. The Hall–Kier alpha value is -1.07. The van der Waals surface area contributed by atoms with Gasteiger partial charge in [0, 0.05) is 12.2 Å². The van der Waals surface area contributed by atoms with E-state index >= 15 is 0 Å². The fraction of sp³-hybridized carbons (Fsp3) is 0.625. The topological polar surface area (TPSA) is 29.5 Å². The lowest BCUT2D eigenvalue weighted by Crippen LogP contribution is -2.33. The lowest BCUT2D eigenvalue weighted by atomic mass is 9.81. The molecule has 1 saturated carbocycles. The lowest BCUT2D eigenvalue weighted by molar-refractivity contribution is -0.0752. The number of rotatable bonds is 5. The second kappa shape index (κ2) is 7.27. The van der Waals surface area contributed by atoms with Gasteiger partial charge in [-0.05, 0) is 31.7 Å². The fourth-order valence-corrected chi connectivity index (χ4v) is 3.09. The number of aliphatic hydroxyl groups excluding tert-OH is 1. The van der Waals surface area contributed by atoms with Crippen LogP contribution in [0.1, 0.15) is 50.7 Å². The first kappa shape index (κ1) is 16.3. The molecule has 1 N–H and O–H groups in total. The van der Waals surface area contributed by atoms with Crippen molar-refractivity contribution in [3.63, 3.8) is 0 Å². The molecule has 1 aromatic rings. The van der Waals surface area contributed by atoms with Crippen molar-refractivity contribution in [1.82, 2.24) is 0 Å². The minimum atomic E-state index is -1.55. The molecule has 118 valence electrons. The largest absolute Gasteiger partial charge is 0.386 e. The Morgan fingerprint density at radius 2 is 1.81 bits per heavy atom. The molecule has 2 unspecified atom stereocenters. The molecule has 0 spiro atoms. The van der Waals surface area contributed by atoms with Gasteiger partial charge in [0.15, 0.2) is 17.5 Å². The Morgan fingerprint density at radius 3 is 2.43 bits per heavy atom. The second-order valence-electron chi connectivity index (χ2n) is 5.53. The number of aliphatic hydroxyl groups is 1. The summed E-state index contributed by atoms with van der Waals surface area (Å²) >= 11 is 0. The van der Waals surface area contributed by atoms with E-state index in [0.717, 1.165) is 44.2 Å². The van der Waals surface area contributed by atoms with Crippen molar-refractivity contribution in [3.8, 4) is 0 Å². The van der Waals surface area contributed by atoms with E-state index in [2.05, 4.69) is 0 Å². The molecule has 21 heavy (non-hydrogen) atoms. The van der Waals surface area contributed by atoms with E-state index < -0.39 is 29.7 Å². The Labute approximate surface area is 122 Å². The highest BCUT2D eigenvalue weighted by Crippen LogP contribution is 2.35. The van der Waals surface area contributed by atoms with Crippen molar-refractivity contribution < 1.29 is 23.0 Å². The number of halogens is 3. The molecule has 1 aliphatic carbocycles. The highest BCUT2D eigenvalue weighted by atomic mass is 19.2. The van der Waals surface area contributed by atoms with Gasteiger partial charge in [-0.25, -0.2) is 13.2 Å². The van der Waals surface area contributed by atoms with Gasteiger partial charge in [-0.15, -0.1) is 0 Å². The van der Waals surface area contributed by atoms with Crippen molar-refractivity contribution in [2.24, 2.45) is 5.92 Å². The van der Waals surface area contributed by atoms with Crippen LogP contribution in [0.4, 0.5) is 13.2 Å². The van der Waals surface area contributed by atoms with Crippen LogP contribution in [0.15, 0.2) is 12.1 Å². The standard InChI is InChI=1S/C16H21F3O2/c1-2-21-16(10-6-4-3-5-7-10)15(20)11-8-9-12(17)14(19)13(11)18/h8-10,15-16,20H,2-7H2,1H3. The summed E-state index contributed by atoms with van der Waals surface area (Å²) < 4.78 is 45.8. The third-order valence-corrected chi connectivity index (χ3v) is 4.17. The molecule has 0 aliphatic heterocycles. The predicted octanol–water partition coefficient (Wildman–Crippen LogP) is 4.12. The van der Waals surface area contributed by atoms with Crippen molar-refractivity contribution in [3.05, 3.63) is 35.1 Å². The molecule has 2 rings (SSSR count). The molecule has 0 saturated heterocycles. The van der Waals surface area contributed by atoms with Crippen LogP contribution < -0.4 is 0 Å². The highest BCUT2D eigenvalue weighted by Gasteiger charge is 2.33. The molecule has 2 nitrogen and oxygen atoms in total. The van der Waals surface area contributed by atoms with Gasteiger partial charge in [0.2, 0.25) is 0 Å². The summed E-state index contributed by atoms with van der Waals surface area (Å²) in [7, 11) is 0. The summed E-state index contributed by atoms with van der Waals surface area (Å²) in [5, 5.41) is 10.4. The van der Waals surface area contributed by atoms with Crippen LogP contribution in [0.3, 0.4) is 0 Å². The monoisotopic (exact) mass is 302 g/mol. The normalized spacial score (nSPS) is 19.5. The van der Waals surface area contributed by atoms with E-state index in [-0.39, 0.29) is 11.5 Å². The van der Waals surface area contributed by atoms with Crippen LogP contribution >= 0.6 is 0 Å². The van der Waals surface area contributed by atoms with Crippen LogP contribution in [0, 0.1) is 23.4 Å². The van der Waals surface area contributed by atoms with Crippen molar-refractivity contribution in [1.29, 1.82) is 0 Å². The van der Waals surface area contributed by atoms with Gasteiger partial charge in [0.25, 0.3) is 0 Å². The highest BCUT2D eigenvalue weighted by molar-refractivity contribution is 5.23. The van der Waals surface area contributed by atoms with Crippen LogP contribution in [-0.2, 0) is 4.74 Å². The van der Waals surface area contributed by atoms with Gasteiger partial charge in [0.1, 0.15) is 6.10 Å². The minimum Gasteiger partial charge on any atom is -0.386 e. The van der Waals surface area contributed by atoms with Crippen LogP contribution in [0.5, 0.6) is 0 Å². The first-order valence-electron chi connectivity index (χ1n) is 7.49. The average Bonchev–Trinajstić information content (AvgIpc) is 2.51. The van der Waals surface area contributed by atoms with Crippen molar-refractivity contribution in [2.75, 3.05) is 6.61 Å². The second-order valence-corrected chi connectivity index (χ2v) is 5.53. The summed E-state index contributed by atoms with van der Waals surface area (Å²) in [5.41, 5.74) is -0.238. The van der Waals surface area contributed by atoms with Crippen LogP contribution in [-0.4, -0.2) is 17.8 Å². The van der Waals surface area contributed by atoms with E-state index in [1.807, 2.05) is 0 Å². The summed E-state index contributed by atoms with van der Waals surface area (Å²) in [6.07, 6.45) is 3.14. The van der Waals surface area contributed by atoms with Gasteiger partial charge in [0.05, 0.1) is 6.10 Å². The number of benzene rings is 1. The zero-order valence-electron chi connectivity index (χ0n) is 12.1. The molecule has 2 atom stereocenters. The van der Waals surface area contributed by atoms with E-state index in [1.54, 1.807) is 6.92 Å². The van der Waals surface area contributed by atoms with Gasteiger partial charge >= 0.3 is 0 Å². The number of ether oxygens (including phenoxy) is 1. The molecular weight excluding hydrogens is 281 g/mol. The van der Waals surface area contributed by atoms with E-state index in [1.165, 1.54) is 0 Å². The minimum absolute atomic E-state index is 0.112. The van der Waals surface area contributed by atoms with Gasteiger partial charge in [-0.3, -0.25) is 0 Å². The molecule has 1 aromatic carbocycles. The first-order chi connectivity index (χ1) is 10.1. The first-order valence-corrected chi connectivity index (χ1v) is 7.49. The van der Waals surface area contributed by atoms with Gasteiger partial charge < -0.3 is 9.84 Å². The maximum Gasteiger partial charge on any atom is 0.194 e. The Bertz CT molecular complexity index is 473. The number of hydrogen-bond donors (Lipinski definition) is 1. The Morgan fingerprint density at radius 1 is 1.14 bits per heavy atom. The quantitative estimate of drug-likeness (QED) is 0.829.